The third kappa shape index (κ3) is 3.57. The van der Waals surface area contributed by atoms with Crippen LogP contribution in [0, 0.1) is 0 Å². The summed E-state index contributed by atoms with van der Waals surface area (Å²) in [5.74, 6) is 0. The molecule has 0 radical (unpaired) electrons. The Hall–Kier alpha value is -1.89. The summed E-state index contributed by atoms with van der Waals surface area (Å²) in [6, 6.07) is 2.78. The molecule has 0 amide bonds. The van der Waals surface area contributed by atoms with Gasteiger partial charge in [0.2, 0.25) is 0 Å². The summed E-state index contributed by atoms with van der Waals surface area (Å²) in [5.41, 5.74) is 9.73. The Morgan fingerprint density at radius 1 is 1.45 bits per heavy atom. The van der Waals surface area contributed by atoms with Crippen LogP contribution in [-0.4, -0.2) is 29.4 Å². The third-order valence-electron chi connectivity index (χ3n) is 2.88. The summed E-state index contributed by atoms with van der Waals surface area (Å²) in [6.07, 6.45) is 3.25. The van der Waals surface area contributed by atoms with Gasteiger partial charge >= 0.3 is 0 Å². The van der Waals surface area contributed by atoms with Gasteiger partial charge in [0.05, 0.1) is 11.9 Å². The van der Waals surface area contributed by atoms with Crippen molar-refractivity contribution in [3.63, 3.8) is 0 Å². The highest BCUT2D eigenvalue weighted by Gasteiger charge is 2.12. The van der Waals surface area contributed by atoms with E-state index in [1.165, 1.54) is 0 Å². The van der Waals surface area contributed by atoms with Gasteiger partial charge in [-0.2, -0.15) is 5.10 Å². The molecule has 106 valence electrons. The number of fused-ring (bicyclic) bond motifs is 1. The minimum Gasteiger partial charge on any atom is -0.359 e. The maximum atomic E-state index is 8.53. The van der Waals surface area contributed by atoms with Crippen LogP contribution in [0.1, 0.15) is 0 Å². The van der Waals surface area contributed by atoms with Gasteiger partial charge in [0.15, 0.2) is 5.65 Å². The maximum Gasteiger partial charge on any atom is 0.160 e. The van der Waals surface area contributed by atoms with Gasteiger partial charge in [-0.3, -0.25) is 0 Å². The molecule has 7 nitrogen and oxygen atoms in total. The van der Waals surface area contributed by atoms with Gasteiger partial charge < -0.3 is 4.74 Å². The molecule has 8 heteroatoms. The zero-order valence-electron chi connectivity index (χ0n) is 11.9. The highest BCUT2D eigenvalue weighted by Crippen LogP contribution is 2.23. The van der Waals surface area contributed by atoms with Gasteiger partial charge in [0.1, 0.15) is 6.73 Å². The molecule has 0 aliphatic rings. The first kappa shape index (κ1) is 14.5. The molecule has 0 bridgehead atoms. The molecule has 0 saturated carbocycles. The van der Waals surface area contributed by atoms with Crippen molar-refractivity contribution in [1.29, 1.82) is 0 Å². The van der Waals surface area contributed by atoms with E-state index in [1.807, 2.05) is 0 Å². The molecule has 0 N–H and O–H groups in total. The Morgan fingerprint density at radius 3 is 2.95 bits per heavy atom. The lowest BCUT2D eigenvalue weighted by Crippen LogP contribution is -2.22. The summed E-state index contributed by atoms with van der Waals surface area (Å²) >= 11 is 0. The highest BCUT2D eigenvalue weighted by molar-refractivity contribution is 6.76. The predicted molar refractivity (Wildman–Crippen MR) is 80.4 cm³/mol. The molecule has 0 saturated heterocycles. The van der Waals surface area contributed by atoms with Crippen molar-refractivity contribution in [3.05, 3.63) is 28.9 Å². The molecule has 2 rings (SSSR count). The van der Waals surface area contributed by atoms with Crippen molar-refractivity contribution in [2.24, 2.45) is 5.11 Å². The van der Waals surface area contributed by atoms with Crippen molar-refractivity contribution >= 4 is 24.8 Å². The van der Waals surface area contributed by atoms with Gasteiger partial charge in [-0.25, -0.2) is 9.67 Å². The summed E-state index contributed by atoms with van der Waals surface area (Å²) in [4.78, 5) is 7.06. The quantitative estimate of drug-likeness (QED) is 0.267. The second kappa shape index (κ2) is 6.04. The molecule has 0 spiro atoms. The number of nitrogens with zero attached hydrogens (tertiary/aromatic N) is 6. The lowest BCUT2D eigenvalue weighted by atomic mass is 10.3. The average Bonchev–Trinajstić information content (AvgIpc) is 2.78. The van der Waals surface area contributed by atoms with Crippen LogP contribution in [-0.2, 0) is 11.5 Å². The Bertz CT molecular complexity index is 641. The highest BCUT2D eigenvalue weighted by atomic mass is 28.3. The number of aromatic nitrogens is 3. The predicted octanol–water partition coefficient (Wildman–Crippen LogP) is 3.69. The molecular weight excluding hydrogens is 272 g/mol. The number of hydrogen-bond acceptors (Lipinski definition) is 4. The molecular formula is C12H18N6OSi. The normalized spacial score (nSPS) is 11.6. The van der Waals surface area contributed by atoms with Gasteiger partial charge in [-0.05, 0) is 17.6 Å². The first-order chi connectivity index (χ1) is 9.51. The molecule has 2 aromatic heterocycles. The van der Waals surface area contributed by atoms with Crippen LogP contribution in [0.4, 0.5) is 5.69 Å². The maximum absolute atomic E-state index is 8.53. The van der Waals surface area contributed by atoms with E-state index in [1.54, 1.807) is 23.1 Å². The second-order valence-electron chi connectivity index (χ2n) is 5.75. The summed E-state index contributed by atoms with van der Waals surface area (Å²) in [6.45, 7) is 8.03. The Kier molecular flexibility index (Phi) is 4.38. The SMILES string of the molecule is C[Si](C)(C)CCOCn1ncc2c(N=[N+]=[N-])ccnc21. The van der Waals surface area contributed by atoms with E-state index in [2.05, 4.69) is 39.7 Å². The van der Waals surface area contributed by atoms with Gasteiger partial charge in [-0.1, -0.05) is 24.8 Å². The van der Waals surface area contributed by atoms with E-state index in [0.717, 1.165) is 18.0 Å². The van der Waals surface area contributed by atoms with E-state index in [4.69, 9.17) is 10.3 Å². The second-order valence-corrected chi connectivity index (χ2v) is 11.4. The van der Waals surface area contributed by atoms with Gasteiger partial charge in [0.25, 0.3) is 0 Å². The van der Waals surface area contributed by atoms with Gasteiger partial charge in [-0.15, -0.1) is 0 Å². The Balaban J connectivity index is 2.08. The molecule has 0 unspecified atom stereocenters. The van der Waals surface area contributed by atoms with Crippen molar-refractivity contribution < 1.29 is 4.74 Å². The molecule has 2 heterocycles. The van der Waals surface area contributed by atoms with Crippen LogP contribution in [0.15, 0.2) is 23.6 Å². The van der Waals surface area contributed by atoms with E-state index in [9.17, 15) is 0 Å². The average molecular weight is 290 g/mol. The number of rotatable bonds is 6. The lowest BCUT2D eigenvalue weighted by Gasteiger charge is -2.15. The zero-order valence-corrected chi connectivity index (χ0v) is 12.9. The molecule has 0 aliphatic heterocycles. The van der Waals surface area contributed by atoms with Crippen LogP contribution in [0.2, 0.25) is 25.7 Å². The van der Waals surface area contributed by atoms with Crippen molar-refractivity contribution in [3.8, 4) is 0 Å². The van der Waals surface area contributed by atoms with Crippen LogP contribution in [0.3, 0.4) is 0 Å². The molecule has 2 aromatic rings. The molecule has 0 aliphatic carbocycles. The third-order valence-corrected chi connectivity index (χ3v) is 4.58. The minimum absolute atomic E-state index is 0.362. The summed E-state index contributed by atoms with van der Waals surface area (Å²) in [7, 11) is -1.08. The largest absolute Gasteiger partial charge is 0.359 e. The molecule has 0 fully saturated rings. The van der Waals surface area contributed by atoms with Crippen LogP contribution >= 0.6 is 0 Å². The van der Waals surface area contributed by atoms with E-state index in [0.29, 0.717) is 18.1 Å². The first-order valence-electron chi connectivity index (χ1n) is 6.45. The van der Waals surface area contributed by atoms with E-state index >= 15 is 0 Å². The summed E-state index contributed by atoms with van der Waals surface area (Å²) < 4.78 is 7.33. The van der Waals surface area contributed by atoms with Crippen LogP contribution in [0.5, 0.6) is 0 Å². The van der Waals surface area contributed by atoms with Crippen molar-refractivity contribution in [2.75, 3.05) is 6.61 Å². The van der Waals surface area contributed by atoms with Crippen LogP contribution < -0.4 is 0 Å². The Morgan fingerprint density at radius 2 is 2.25 bits per heavy atom. The summed E-state index contributed by atoms with van der Waals surface area (Å²) in [5, 5.41) is 8.59. The lowest BCUT2D eigenvalue weighted by molar-refractivity contribution is 0.0813. The number of azide groups is 1. The van der Waals surface area contributed by atoms with Crippen molar-refractivity contribution in [2.45, 2.75) is 32.4 Å². The zero-order chi connectivity index (χ0) is 14.6. The number of hydrogen-bond donors (Lipinski definition) is 0. The molecule has 0 atom stereocenters. The fourth-order valence-electron chi connectivity index (χ4n) is 1.72. The standard InChI is InChI=1S/C12H18N6OSi/c1-20(2,3)7-6-19-9-18-12-10(8-15-18)11(16-17-13)4-5-14-12/h4-5,8H,6-7,9H2,1-3H3. The number of ether oxygens (including phenoxy) is 1. The number of pyridine rings is 1. The first-order valence-corrected chi connectivity index (χ1v) is 10.2. The smallest absolute Gasteiger partial charge is 0.160 e. The molecule has 0 aromatic carbocycles. The molecule has 20 heavy (non-hydrogen) atoms. The van der Waals surface area contributed by atoms with Crippen LogP contribution in [0.25, 0.3) is 21.5 Å². The fourth-order valence-corrected chi connectivity index (χ4v) is 2.48. The van der Waals surface area contributed by atoms with E-state index in [-0.39, 0.29) is 0 Å². The monoisotopic (exact) mass is 290 g/mol. The van der Waals surface area contributed by atoms with Gasteiger partial charge in [0, 0.05) is 31.2 Å². The topological polar surface area (TPSA) is 88.7 Å². The fraction of sp³-hybridized carbons (Fsp3) is 0.500. The van der Waals surface area contributed by atoms with E-state index < -0.39 is 8.07 Å². The van der Waals surface area contributed by atoms with Crippen molar-refractivity contribution in [1.82, 2.24) is 14.8 Å². The minimum atomic E-state index is -1.08. The Labute approximate surface area is 118 Å².